The first-order valence-corrected chi connectivity index (χ1v) is 6.03. The number of hydrogen-bond acceptors (Lipinski definition) is 3. The number of hydrogen-bond donors (Lipinski definition) is 1. The molecule has 92 valence electrons. The summed E-state index contributed by atoms with van der Waals surface area (Å²) < 4.78 is 7.27. The molecule has 2 unspecified atom stereocenters. The minimum absolute atomic E-state index is 0.120. The topological polar surface area (TPSA) is 57.0 Å². The zero-order chi connectivity index (χ0) is 12.3. The van der Waals surface area contributed by atoms with Crippen molar-refractivity contribution in [3.8, 4) is 0 Å². The van der Waals surface area contributed by atoms with Crippen LogP contribution in [0.4, 0.5) is 0 Å². The van der Waals surface area contributed by atoms with Crippen molar-refractivity contribution in [3.05, 3.63) is 42.1 Å². The van der Waals surface area contributed by atoms with E-state index in [1.54, 1.807) is 6.26 Å². The van der Waals surface area contributed by atoms with E-state index >= 15 is 0 Å². The van der Waals surface area contributed by atoms with E-state index in [1.165, 1.54) is 0 Å². The quantitative estimate of drug-likeness (QED) is 0.863. The molecule has 4 nitrogen and oxygen atoms in total. The fourth-order valence-corrected chi connectivity index (χ4v) is 1.75. The van der Waals surface area contributed by atoms with Crippen molar-refractivity contribution in [1.82, 2.24) is 9.78 Å². The van der Waals surface area contributed by atoms with Crippen molar-refractivity contribution >= 4 is 0 Å². The fourth-order valence-electron chi connectivity index (χ4n) is 1.75. The van der Waals surface area contributed by atoms with Gasteiger partial charge in [0.1, 0.15) is 5.76 Å². The third-order valence-corrected chi connectivity index (χ3v) is 3.04. The number of nitrogens with zero attached hydrogens (tertiary/aromatic N) is 2. The molecule has 0 bridgehead atoms. The van der Waals surface area contributed by atoms with Crippen LogP contribution in [0.1, 0.15) is 43.8 Å². The highest BCUT2D eigenvalue weighted by Crippen LogP contribution is 2.16. The number of nitrogens with two attached hydrogens (primary N) is 1. The highest BCUT2D eigenvalue weighted by Gasteiger charge is 2.12. The molecule has 17 heavy (non-hydrogen) atoms. The summed E-state index contributed by atoms with van der Waals surface area (Å²) in [6.45, 7) is 4.31. The largest absolute Gasteiger partial charge is 0.468 e. The van der Waals surface area contributed by atoms with E-state index in [4.69, 9.17) is 10.2 Å². The van der Waals surface area contributed by atoms with Crippen LogP contribution in [-0.4, -0.2) is 9.78 Å². The first kappa shape index (κ1) is 11.9. The van der Waals surface area contributed by atoms with Gasteiger partial charge in [-0.15, -0.1) is 0 Å². The molecule has 2 heterocycles. The van der Waals surface area contributed by atoms with E-state index in [2.05, 4.69) is 18.9 Å². The lowest BCUT2D eigenvalue weighted by molar-refractivity contribution is 0.452. The van der Waals surface area contributed by atoms with Crippen LogP contribution in [0.25, 0.3) is 0 Å². The summed E-state index contributed by atoms with van der Waals surface area (Å²) in [6.07, 6.45) is 5.44. The lowest BCUT2D eigenvalue weighted by Gasteiger charge is -2.09. The molecular weight excluding hydrogens is 214 g/mol. The van der Waals surface area contributed by atoms with Gasteiger partial charge in [-0.05, 0) is 31.5 Å². The van der Waals surface area contributed by atoms with Crippen LogP contribution in [0.15, 0.2) is 35.1 Å². The van der Waals surface area contributed by atoms with E-state index in [9.17, 15) is 0 Å². The van der Waals surface area contributed by atoms with Gasteiger partial charge in [0.25, 0.3) is 0 Å². The standard InChI is InChI=1S/C13H19N3O/c1-3-10(2)16-7-6-11(15-16)9-12(14)13-5-4-8-17-13/h4-8,10,12H,3,9,14H2,1-2H3. The van der Waals surface area contributed by atoms with Crippen LogP contribution < -0.4 is 5.73 Å². The van der Waals surface area contributed by atoms with Gasteiger partial charge in [0.05, 0.1) is 18.0 Å². The van der Waals surface area contributed by atoms with Crippen molar-refractivity contribution in [3.63, 3.8) is 0 Å². The van der Waals surface area contributed by atoms with Crippen LogP contribution in [-0.2, 0) is 6.42 Å². The molecule has 2 atom stereocenters. The van der Waals surface area contributed by atoms with Crippen molar-refractivity contribution in [1.29, 1.82) is 0 Å². The summed E-state index contributed by atoms with van der Waals surface area (Å²) in [5, 5.41) is 4.53. The van der Waals surface area contributed by atoms with Crippen LogP contribution in [0.5, 0.6) is 0 Å². The average molecular weight is 233 g/mol. The second-order valence-corrected chi connectivity index (χ2v) is 4.37. The summed E-state index contributed by atoms with van der Waals surface area (Å²) >= 11 is 0. The van der Waals surface area contributed by atoms with Gasteiger partial charge in [0.2, 0.25) is 0 Å². The third kappa shape index (κ3) is 2.77. The molecule has 2 aromatic heterocycles. The molecule has 0 aromatic carbocycles. The summed E-state index contributed by atoms with van der Waals surface area (Å²) in [4.78, 5) is 0. The summed E-state index contributed by atoms with van der Waals surface area (Å²) in [7, 11) is 0. The van der Waals surface area contributed by atoms with Gasteiger partial charge in [0, 0.05) is 18.7 Å². The molecule has 2 aromatic rings. The van der Waals surface area contributed by atoms with E-state index in [1.807, 2.05) is 29.1 Å². The Morgan fingerprint density at radius 3 is 2.94 bits per heavy atom. The number of furan rings is 1. The molecule has 0 spiro atoms. The minimum atomic E-state index is -0.120. The van der Waals surface area contributed by atoms with Gasteiger partial charge in [0.15, 0.2) is 0 Å². The predicted molar refractivity (Wildman–Crippen MR) is 66.6 cm³/mol. The highest BCUT2D eigenvalue weighted by atomic mass is 16.3. The molecule has 2 N–H and O–H groups in total. The van der Waals surface area contributed by atoms with Gasteiger partial charge in [-0.1, -0.05) is 6.92 Å². The Kier molecular flexibility index (Phi) is 3.64. The average Bonchev–Trinajstić information content (AvgIpc) is 2.98. The summed E-state index contributed by atoms with van der Waals surface area (Å²) in [6, 6.07) is 6.09. The summed E-state index contributed by atoms with van der Waals surface area (Å²) in [5.41, 5.74) is 7.05. The Labute approximate surface area is 101 Å². The second-order valence-electron chi connectivity index (χ2n) is 4.37. The maximum Gasteiger partial charge on any atom is 0.120 e. The van der Waals surface area contributed by atoms with E-state index < -0.39 is 0 Å². The molecule has 0 aliphatic carbocycles. The van der Waals surface area contributed by atoms with Gasteiger partial charge < -0.3 is 10.2 Å². The van der Waals surface area contributed by atoms with Crippen molar-refractivity contribution in [2.45, 2.75) is 38.8 Å². The van der Waals surface area contributed by atoms with Crippen molar-refractivity contribution in [2.75, 3.05) is 0 Å². The Morgan fingerprint density at radius 1 is 1.47 bits per heavy atom. The van der Waals surface area contributed by atoms with Gasteiger partial charge in [-0.2, -0.15) is 5.10 Å². The molecule has 0 saturated carbocycles. The van der Waals surface area contributed by atoms with Crippen molar-refractivity contribution in [2.24, 2.45) is 5.73 Å². The molecule has 2 rings (SSSR count). The van der Waals surface area contributed by atoms with Crippen molar-refractivity contribution < 1.29 is 4.42 Å². The van der Waals surface area contributed by atoms with Gasteiger partial charge in [-0.25, -0.2) is 0 Å². The lowest BCUT2D eigenvalue weighted by atomic mass is 10.1. The van der Waals surface area contributed by atoms with Crippen LogP contribution in [0.2, 0.25) is 0 Å². The zero-order valence-electron chi connectivity index (χ0n) is 10.3. The SMILES string of the molecule is CCC(C)n1ccc(CC(N)c2ccco2)n1. The van der Waals surface area contributed by atoms with E-state index in [-0.39, 0.29) is 6.04 Å². The Hall–Kier alpha value is -1.55. The fraction of sp³-hybridized carbons (Fsp3) is 0.462. The minimum Gasteiger partial charge on any atom is -0.468 e. The first-order chi connectivity index (χ1) is 8.20. The van der Waals surface area contributed by atoms with E-state index in [0.717, 1.165) is 17.9 Å². The predicted octanol–water partition coefficient (Wildman–Crippen LogP) is 2.69. The second kappa shape index (κ2) is 5.19. The number of aromatic nitrogens is 2. The molecular formula is C13H19N3O. The highest BCUT2D eigenvalue weighted by molar-refractivity contribution is 5.09. The Balaban J connectivity index is 2.02. The molecule has 0 amide bonds. The Morgan fingerprint density at radius 2 is 2.29 bits per heavy atom. The molecule has 0 aliphatic heterocycles. The maximum atomic E-state index is 6.05. The maximum absolute atomic E-state index is 6.05. The monoisotopic (exact) mass is 233 g/mol. The van der Waals surface area contributed by atoms with Crippen LogP contribution >= 0.6 is 0 Å². The van der Waals surface area contributed by atoms with Gasteiger partial charge in [-0.3, -0.25) is 4.68 Å². The first-order valence-electron chi connectivity index (χ1n) is 6.03. The molecule has 0 radical (unpaired) electrons. The normalized spacial score (nSPS) is 14.8. The molecule has 0 fully saturated rings. The van der Waals surface area contributed by atoms with Crippen LogP contribution in [0.3, 0.4) is 0 Å². The van der Waals surface area contributed by atoms with E-state index in [0.29, 0.717) is 12.5 Å². The lowest BCUT2D eigenvalue weighted by Crippen LogP contribution is -2.13. The summed E-state index contributed by atoms with van der Waals surface area (Å²) in [5.74, 6) is 0.808. The van der Waals surface area contributed by atoms with Gasteiger partial charge >= 0.3 is 0 Å². The smallest absolute Gasteiger partial charge is 0.120 e. The Bertz CT molecular complexity index is 447. The zero-order valence-corrected chi connectivity index (χ0v) is 10.3. The molecule has 0 saturated heterocycles. The third-order valence-electron chi connectivity index (χ3n) is 3.04. The van der Waals surface area contributed by atoms with Crippen LogP contribution in [0, 0.1) is 0 Å². The molecule has 0 aliphatic rings. The number of rotatable bonds is 5. The molecule has 4 heteroatoms.